The van der Waals surface area contributed by atoms with E-state index >= 15 is 0 Å². The predicted octanol–water partition coefficient (Wildman–Crippen LogP) is 2.91. The van der Waals surface area contributed by atoms with Gasteiger partial charge in [-0.25, -0.2) is 4.98 Å². The molecule has 0 aliphatic carbocycles. The largest absolute Gasteiger partial charge is 0.369 e. The molecule has 0 spiro atoms. The number of hydrogen-bond acceptors (Lipinski definition) is 5. The van der Waals surface area contributed by atoms with Gasteiger partial charge in [-0.3, -0.25) is 0 Å². The number of fused-ring (bicyclic) bond motifs is 1. The van der Waals surface area contributed by atoms with Crippen molar-refractivity contribution in [1.82, 2.24) is 19.6 Å². The minimum absolute atomic E-state index is 0.626. The quantitative estimate of drug-likeness (QED) is 0.795. The zero-order valence-electron chi connectivity index (χ0n) is 10.3. The van der Waals surface area contributed by atoms with Crippen LogP contribution in [-0.2, 0) is 6.42 Å². The smallest absolute Gasteiger partial charge is 0.254 e. The predicted molar refractivity (Wildman–Crippen MR) is 79.7 cm³/mol. The van der Waals surface area contributed by atoms with E-state index in [0.29, 0.717) is 5.78 Å². The highest BCUT2D eigenvalue weighted by Gasteiger charge is 2.05. The van der Waals surface area contributed by atoms with Crippen LogP contribution >= 0.6 is 27.3 Å². The third-order valence-corrected chi connectivity index (χ3v) is 4.37. The zero-order valence-corrected chi connectivity index (χ0v) is 12.7. The van der Waals surface area contributed by atoms with E-state index < -0.39 is 0 Å². The second-order valence-corrected chi connectivity index (χ2v) is 6.68. The number of hydrogen-bond donors (Lipinski definition) is 1. The lowest BCUT2D eigenvalue weighted by molar-refractivity contribution is 0.909. The van der Waals surface area contributed by atoms with E-state index in [1.54, 1.807) is 15.9 Å². The fourth-order valence-corrected chi connectivity index (χ4v) is 3.34. The van der Waals surface area contributed by atoms with Gasteiger partial charge in [-0.15, -0.1) is 11.3 Å². The van der Waals surface area contributed by atoms with Crippen LogP contribution in [-0.4, -0.2) is 26.1 Å². The molecule has 0 saturated heterocycles. The van der Waals surface area contributed by atoms with Crippen molar-refractivity contribution in [3.63, 3.8) is 0 Å². The van der Waals surface area contributed by atoms with E-state index in [9.17, 15) is 0 Å². The van der Waals surface area contributed by atoms with Gasteiger partial charge in [-0.05, 0) is 41.4 Å². The first-order valence-electron chi connectivity index (χ1n) is 5.88. The van der Waals surface area contributed by atoms with Crippen LogP contribution in [0.3, 0.4) is 0 Å². The number of nitrogens with one attached hydrogen (secondary N) is 1. The average Bonchev–Trinajstić information content (AvgIpc) is 2.98. The molecule has 0 saturated carbocycles. The summed E-state index contributed by atoms with van der Waals surface area (Å²) in [4.78, 5) is 9.76. The molecule has 0 bridgehead atoms. The van der Waals surface area contributed by atoms with Crippen molar-refractivity contribution in [2.45, 2.75) is 13.3 Å². The molecule has 7 heteroatoms. The lowest BCUT2D eigenvalue weighted by Crippen LogP contribution is -2.09. The van der Waals surface area contributed by atoms with Crippen molar-refractivity contribution in [2.24, 2.45) is 0 Å². The maximum atomic E-state index is 4.31. The van der Waals surface area contributed by atoms with Gasteiger partial charge in [-0.2, -0.15) is 14.6 Å². The molecular formula is C12H12BrN5S. The van der Waals surface area contributed by atoms with Crippen LogP contribution in [0.4, 0.5) is 5.82 Å². The van der Waals surface area contributed by atoms with Gasteiger partial charge >= 0.3 is 0 Å². The third kappa shape index (κ3) is 2.76. The molecule has 1 N–H and O–H groups in total. The van der Waals surface area contributed by atoms with E-state index in [0.717, 1.165) is 24.5 Å². The second-order valence-electron chi connectivity index (χ2n) is 4.14. The lowest BCUT2D eigenvalue weighted by Gasteiger charge is -2.07. The molecule has 3 heterocycles. The number of halogens is 1. The summed E-state index contributed by atoms with van der Waals surface area (Å²) in [6.07, 6.45) is 2.50. The molecule has 0 radical (unpaired) electrons. The van der Waals surface area contributed by atoms with E-state index in [1.165, 1.54) is 15.0 Å². The average molecular weight is 338 g/mol. The number of aryl methyl sites for hydroxylation is 1. The summed E-state index contributed by atoms with van der Waals surface area (Å²) in [7, 11) is 0. The van der Waals surface area contributed by atoms with Crippen LogP contribution in [0.1, 0.15) is 10.6 Å². The monoisotopic (exact) mass is 337 g/mol. The molecule has 0 aliphatic rings. The number of thiophene rings is 1. The lowest BCUT2D eigenvalue weighted by atomic mass is 10.3. The second kappa shape index (κ2) is 5.26. The van der Waals surface area contributed by atoms with E-state index in [2.05, 4.69) is 48.4 Å². The molecule has 0 aromatic carbocycles. The standard InChI is InChI=1S/C12H12BrN5S/c1-8-6-11(18-12(17-8)15-7-16-18)14-5-4-9-2-3-10(13)19-9/h2-3,6-7,14H,4-5H2,1H3. The molecule has 0 amide bonds. The molecule has 5 nitrogen and oxygen atoms in total. The topological polar surface area (TPSA) is 55.1 Å². The molecule has 98 valence electrons. The summed E-state index contributed by atoms with van der Waals surface area (Å²) in [5.74, 6) is 1.55. The summed E-state index contributed by atoms with van der Waals surface area (Å²) in [5.41, 5.74) is 0.932. The van der Waals surface area contributed by atoms with Crippen molar-refractivity contribution >= 4 is 38.9 Å². The molecule has 0 fully saturated rings. The van der Waals surface area contributed by atoms with Gasteiger partial charge in [0.1, 0.15) is 12.1 Å². The molecule has 3 aromatic heterocycles. The molecule has 0 unspecified atom stereocenters. The maximum Gasteiger partial charge on any atom is 0.254 e. The van der Waals surface area contributed by atoms with Crippen molar-refractivity contribution in [3.8, 4) is 0 Å². The Kier molecular flexibility index (Phi) is 3.48. The van der Waals surface area contributed by atoms with Crippen molar-refractivity contribution in [3.05, 3.63) is 38.9 Å². The highest BCUT2D eigenvalue weighted by atomic mass is 79.9. The van der Waals surface area contributed by atoms with E-state index in [4.69, 9.17) is 0 Å². The fraction of sp³-hybridized carbons (Fsp3) is 0.250. The van der Waals surface area contributed by atoms with Crippen LogP contribution < -0.4 is 5.32 Å². The molecule has 3 rings (SSSR count). The van der Waals surface area contributed by atoms with Gasteiger partial charge in [0.05, 0.1) is 3.79 Å². The van der Waals surface area contributed by atoms with Gasteiger partial charge in [0, 0.05) is 23.2 Å². The highest BCUT2D eigenvalue weighted by Crippen LogP contribution is 2.22. The Morgan fingerprint density at radius 3 is 3.11 bits per heavy atom. The summed E-state index contributed by atoms with van der Waals surface area (Å²) in [6, 6.07) is 6.19. The van der Waals surface area contributed by atoms with Gasteiger partial charge in [0.2, 0.25) is 0 Å². The number of anilines is 1. The number of rotatable bonds is 4. The van der Waals surface area contributed by atoms with Crippen LogP contribution in [0.5, 0.6) is 0 Å². The summed E-state index contributed by atoms with van der Waals surface area (Å²) in [6.45, 7) is 2.81. The maximum absolute atomic E-state index is 4.31. The molecule has 19 heavy (non-hydrogen) atoms. The molecule has 3 aromatic rings. The highest BCUT2D eigenvalue weighted by molar-refractivity contribution is 9.11. The zero-order chi connectivity index (χ0) is 13.2. The number of nitrogens with zero attached hydrogens (tertiary/aromatic N) is 4. The Labute approximate surface area is 122 Å². The number of aromatic nitrogens is 4. The Balaban J connectivity index is 1.73. The van der Waals surface area contributed by atoms with E-state index in [1.807, 2.05) is 13.0 Å². The Bertz CT molecular complexity index is 705. The molecule has 0 aliphatic heterocycles. The summed E-state index contributed by atoms with van der Waals surface area (Å²) >= 11 is 5.23. The Morgan fingerprint density at radius 1 is 1.42 bits per heavy atom. The van der Waals surface area contributed by atoms with Crippen LogP contribution in [0, 0.1) is 6.92 Å². The van der Waals surface area contributed by atoms with Crippen LogP contribution in [0.2, 0.25) is 0 Å². The first-order chi connectivity index (χ1) is 9.22. The van der Waals surface area contributed by atoms with Crippen LogP contribution in [0.15, 0.2) is 28.3 Å². The first kappa shape index (κ1) is 12.6. The summed E-state index contributed by atoms with van der Waals surface area (Å²) < 4.78 is 2.89. The third-order valence-electron chi connectivity index (χ3n) is 2.69. The first-order valence-corrected chi connectivity index (χ1v) is 7.49. The molecule has 0 atom stereocenters. The van der Waals surface area contributed by atoms with Crippen molar-refractivity contribution in [2.75, 3.05) is 11.9 Å². The Hall–Kier alpha value is -1.47. The van der Waals surface area contributed by atoms with Crippen molar-refractivity contribution in [1.29, 1.82) is 0 Å². The van der Waals surface area contributed by atoms with Gasteiger partial charge < -0.3 is 5.32 Å². The van der Waals surface area contributed by atoms with Gasteiger partial charge in [0.15, 0.2) is 0 Å². The van der Waals surface area contributed by atoms with Crippen LogP contribution in [0.25, 0.3) is 5.78 Å². The van der Waals surface area contributed by atoms with Gasteiger partial charge in [-0.1, -0.05) is 0 Å². The minimum Gasteiger partial charge on any atom is -0.369 e. The normalized spacial score (nSPS) is 11.1. The van der Waals surface area contributed by atoms with Gasteiger partial charge in [0.25, 0.3) is 5.78 Å². The van der Waals surface area contributed by atoms with Crippen molar-refractivity contribution < 1.29 is 0 Å². The molecular weight excluding hydrogens is 326 g/mol. The van der Waals surface area contributed by atoms with E-state index in [-0.39, 0.29) is 0 Å². The summed E-state index contributed by atoms with van der Waals surface area (Å²) in [5, 5.41) is 7.55. The minimum atomic E-state index is 0.626. The Morgan fingerprint density at radius 2 is 2.32 bits per heavy atom. The SMILES string of the molecule is Cc1cc(NCCc2ccc(Br)s2)n2ncnc2n1. The fourth-order valence-electron chi connectivity index (χ4n) is 1.86.